The number of nitrogens with one attached hydrogen (secondary N) is 1. The highest BCUT2D eigenvalue weighted by molar-refractivity contribution is 5.94. The highest BCUT2D eigenvalue weighted by atomic mass is 16.5. The molecular formula is C21H26N4O4. The molecule has 29 heavy (non-hydrogen) atoms. The van der Waals surface area contributed by atoms with Crippen LogP contribution in [0.2, 0.25) is 0 Å². The molecule has 1 aromatic heterocycles. The zero-order valence-electron chi connectivity index (χ0n) is 16.8. The zero-order valence-corrected chi connectivity index (χ0v) is 16.8. The average molecular weight is 398 g/mol. The van der Waals surface area contributed by atoms with Crippen LogP contribution in [-0.2, 0) is 4.79 Å². The fourth-order valence-corrected chi connectivity index (χ4v) is 3.52. The van der Waals surface area contributed by atoms with E-state index in [1.807, 2.05) is 11.0 Å². The second kappa shape index (κ2) is 8.23. The quantitative estimate of drug-likeness (QED) is 0.803. The number of carbonyl (C=O) groups is 2. The van der Waals surface area contributed by atoms with Crippen molar-refractivity contribution < 1.29 is 18.8 Å². The van der Waals surface area contributed by atoms with E-state index < -0.39 is 0 Å². The summed E-state index contributed by atoms with van der Waals surface area (Å²) in [5, 5.41) is 6.60. The summed E-state index contributed by atoms with van der Waals surface area (Å²) >= 11 is 0. The molecule has 1 saturated heterocycles. The van der Waals surface area contributed by atoms with Crippen molar-refractivity contribution in [3.05, 3.63) is 41.5 Å². The summed E-state index contributed by atoms with van der Waals surface area (Å²) in [5.41, 5.74) is 0.506. The second-order valence-corrected chi connectivity index (χ2v) is 7.82. The largest absolute Gasteiger partial charge is 0.490 e. The number of aromatic nitrogens is 2. The predicted molar refractivity (Wildman–Crippen MR) is 104 cm³/mol. The maximum Gasteiger partial charge on any atom is 0.252 e. The van der Waals surface area contributed by atoms with Gasteiger partial charge in [0.1, 0.15) is 17.9 Å². The number of benzene rings is 1. The van der Waals surface area contributed by atoms with Crippen molar-refractivity contribution >= 4 is 11.8 Å². The van der Waals surface area contributed by atoms with Crippen molar-refractivity contribution in [3.8, 4) is 5.75 Å². The number of piperidine rings is 1. The molecule has 1 aromatic carbocycles. The van der Waals surface area contributed by atoms with Gasteiger partial charge in [-0.2, -0.15) is 4.98 Å². The highest BCUT2D eigenvalue weighted by Gasteiger charge is 2.35. The lowest BCUT2D eigenvalue weighted by atomic mass is 10.1. The Hall–Kier alpha value is -2.90. The van der Waals surface area contributed by atoms with Crippen LogP contribution in [0.1, 0.15) is 60.7 Å². The van der Waals surface area contributed by atoms with Gasteiger partial charge in [0.05, 0.1) is 0 Å². The van der Waals surface area contributed by atoms with Crippen LogP contribution in [0.3, 0.4) is 0 Å². The predicted octanol–water partition coefficient (Wildman–Crippen LogP) is 2.65. The summed E-state index contributed by atoms with van der Waals surface area (Å²) < 4.78 is 11.2. The molecule has 0 bridgehead atoms. The molecule has 0 spiro atoms. The third kappa shape index (κ3) is 4.75. The molecule has 8 nitrogen and oxygen atoms in total. The van der Waals surface area contributed by atoms with E-state index in [-0.39, 0.29) is 24.0 Å². The number of carbonyl (C=O) groups excluding carboxylic acids is 2. The minimum absolute atomic E-state index is 0.0526. The Morgan fingerprint density at radius 1 is 1.24 bits per heavy atom. The van der Waals surface area contributed by atoms with Crippen LogP contribution in [0, 0.1) is 12.8 Å². The Labute approximate surface area is 169 Å². The van der Waals surface area contributed by atoms with Crippen molar-refractivity contribution in [1.29, 1.82) is 0 Å². The molecule has 8 heteroatoms. The van der Waals surface area contributed by atoms with Gasteiger partial charge in [0.15, 0.2) is 5.82 Å². The third-order valence-electron chi connectivity index (χ3n) is 5.34. The van der Waals surface area contributed by atoms with E-state index >= 15 is 0 Å². The van der Waals surface area contributed by atoms with Crippen LogP contribution < -0.4 is 10.1 Å². The smallest absolute Gasteiger partial charge is 0.252 e. The van der Waals surface area contributed by atoms with Crippen molar-refractivity contribution in [2.45, 2.75) is 51.7 Å². The molecule has 2 amide bonds. The van der Waals surface area contributed by atoms with Crippen molar-refractivity contribution in [2.75, 3.05) is 13.1 Å². The normalized spacial score (nSPS) is 18.3. The van der Waals surface area contributed by atoms with E-state index in [2.05, 4.69) is 15.5 Å². The van der Waals surface area contributed by atoms with Gasteiger partial charge < -0.3 is 19.5 Å². The van der Waals surface area contributed by atoms with Gasteiger partial charge in [-0.3, -0.25) is 9.59 Å². The van der Waals surface area contributed by atoms with Crippen LogP contribution >= 0.6 is 0 Å². The summed E-state index contributed by atoms with van der Waals surface area (Å²) in [6, 6.07) is 6.75. The number of ether oxygens (including phenoxy) is 1. The number of hydrogen-bond donors (Lipinski definition) is 1. The maximum atomic E-state index is 12.6. The molecule has 154 valence electrons. The molecule has 2 fully saturated rings. The number of likely N-dealkylation sites (tertiary alicyclic amines) is 1. The lowest BCUT2D eigenvalue weighted by Gasteiger charge is -2.32. The molecule has 2 aromatic rings. The average Bonchev–Trinajstić information content (AvgIpc) is 3.48. The van der Waals surface area contributed by atoms with Crippen LogP contribution in [-0.4, -0.2) is 46.0 Å². The van der Waals surface area contributed by atoms with Crippen LogP contribution in [0.25, 0.3) is 0 Å². The van der Waals surface area contributed by atoms with Gasteiger partial charge in [0.2, 0.25) is 11.8 Å². The number of amides is 2. The summed E-state index contributed by atoms with van der Waals surface area (Å²) in [5.74, 6) is 1.89. The lowest BCUT2D eigenvalue weighted by molar-refractivity contribution is -0.134. The van der Waals surface area contributed by atoms with E-state index in [4.69, 9.17) is 9.26 Å². The number of rotatable bonds is 6. The van der Waals surface area contributed by atoms with Crippen molar-refractivity contribution in [3.63, 3.8) is 0 Å². The van der Waals surface area contributed by atoms with Crippen LogP contribution in [0.15, 0.2) is 28.8 Å². The fourth-order valence-electron chi connectivity index (χ4n) is 3.52. The van der Waals surface area contributed by atoms with Gasteiger partial charge in [-0.1, -0.05) is 11.2 Å². The van der Waals surface area contributed by atoms with E-state index in [1.165, 1.54) is 0 Å². The van der Waals surface area contributed by atoms with E-state index in [0.717, 1.165) is 38.8 Å². The summed E-state index contributed by atoms with van der Waals surface area (Å²) in [4.78, 5) is 30.8. The summed E-state index contributed by atoms with van der Waals surface area (Å²) in [6.45, 7) is 5.00. The van der Waals surface area contributed by atoms with Gasteiger partial charge in [-0.05, 0) is 44.9 Å². The molecule has 0 unspecified atom stereocenters. The molecule has 2 heterocycles. The number of nitrogens with zero attached hydrogens (tertiary/aromatic N) is 3. The zero-order chi connectivity index (χ0) is 20.4. The van der Waals surface area contributed by atoms with Gasteiger partial charge in [0.25, 0.3) is 5.91 Å². The van der Waals surface area contributed by atoms with Gasteiger partial charge in [0, 0.05) is 37.4 Å². The lowest BCUT2D eigenvalue weighted by Crippen LogP contribution is -2.42. The highest BCUT2D eigenvalue weighted by Crippen LogP contribution is 2.32. The maximum absolute atomic E-state index is 12.6. The van der Waals surface area contributed by atoms with E-state index in [0.29, 0.717) is 28.9 Å². The van der Waals surface area contributed by atoms with Crippen LogP contribution in [0.5, 0.6) is 5.75 Å². The molecule has 1 aliphatic heterocycles. The Morgan fingerprint density at radius 2 is 2.00 bits per heavy atom. The molecule has 1 atom stereocenters. The van der Waals surface area contributed by atoms with Gasteiger partial charge >= 0.3 is 0 Å². The summed E-state index contributed by atoms with van der Waals surface area (Å²) in [7, 11) is 0. The van der Waals surface area contributed by atoms with E-state index in [1.54, 1.807) is 32.0 Å². The fraction of sp³-hybridized carbons (Fsp3) is 0.524. The molecule has 2 aliphatic rings. The standard InChI is InChI=1S/C21H26N4O4/c1-13(20-23-14(2)24-29-20)22-19(26)16-4-3-5-18(12-16)28-17-8-10-25(11-9-17)21(27)15-6-7-15/h3-5,12-13,15,17H,6-11H2,1-2H3,(H,22,26)/t13-/m0/s1. The Morgan fingerprint density at radius 3 is 2.66 bits per heavy atom. The topological polar surface area (TPSA) is 97.6 Å². The van der Waals surface area contributed by atoms with Crippen molar-refractivity contribution in [2.24, 2.45) is 5.92 Å². The monoisotopic (exact) mass is 398 g/mol. The third-order valence-corrected chi connectivity index (χ3v) is 5.34. The minimum Gasteiger partial charge on any atom is -0.490 e. The molecule has 0 radical (unpaired) electrons. The van der Waals surface area contributed by atoms with Gasteiger partial charge in [-0.25, -0.2) is 0 Å². The molecule has 4 rings (SSSR count). The first kappa shape index (κ1) is 19.4. The Balaban J connectivity index is 1.31. The molecular weight excluding hydrogens is 372 g/mol. The minimum atomic E-state index is -0.387. The first-order chi connectivity index (χ1) is 14.0. The number of aryl methyl sites for hydroxylation is 1. The van der Waals surface area contributed by atoms with Crippen molar-refractivity contribution in [1.82, 2.24) is 20.4 Å². The Bertz CT molecular complexity index is 884. The molecule has 1 saturated carbocycles. The second-order valence-electron chi connectivity index (χ2n) is 7.82. The van der Waals surface area contributed by atoms with E-state index in [9.17, 15) is 9.59 Å². The molecule has 1 N–H and O–H groups in total. The number of hydrogen-bond acceptors (Lipinski definition) is 6. The van der Waals surface area contributed by atoms with Crippen LogP contribution in [0.4, 0.5) is 0 Å². The van der Waals surface area contributed by atoms with Gasteiger partial charge in [-0.15, -0.1) is 0 Å². The first-order valence-electron chi connectivity index (χ1n) is 10.2. The first-order valence-corrected chi connectivity index (χ1v) is 10.2. The Kier molecular flexibility index (Phi) is 5.51. The molecule has 1 aliphatic carbocycles. The SMILES string of the molecule is Cc1noc([C@H](C)NC(=O)c2cccc(OC3CCN(C(=O)C4CC4)CC3)c2)n1. The summed E-state index contributed by atoms with van der Waals surface area (Å²) in [6.07, 6.45) is 3.74.